The standard InChI is InChI=1S/C53H34N4O/c1-5-15-36(16-6-1)49-55-50(37-17-7-2-8-18-37)57-51(56-49)38-27-25-35(26-28-38)40-29-31-46-44(33-40)43-23-13-14-24-45(43)53(46,41-21-11-4-12-22-41)42-30-32-47-48(34-42)58-52(54-47)39-19-9-3-10-20-39/h1-34H. The largest absolute Gasteiger partial charge is 0.436 e. The van der Waals surface area contributed by atoms with Crippen LogP contribution in [0.3, 0.4) is 0 Å². The molecule has 11 rings (SSSR count). The summed E-state index contributed by atoms with van der Waals surface area (Å²) in [7, 11) is 0. The van der Waals surface area contributed by atoms with Crippen LogP contribution in [0.5, 0.6) is 0 Å². The molecule has 10 aromatic rings. The number of nitrogens with zero attached hydrogens (tertiary/aromatic N) is 4. The lowest BCUT2D eigenvalue weighted by molar-refractivity contribution is 0.618. The maximum atomic E-state index is 6.46. The Morgan fingerprint density at radius 1 is 0.328 bits per heavy atom. The van der Waals surface area contributed by atoms with Crippen LogP contribution in [0.1, 0.15) is 22.3 Å². The Hall–Kier alpha value is -7.76. The van der Waals surface area contributed by atoms with Crippen LogP contribution in [0.25, 0.3) is 79.0 Å². The van der Waals surface area contributed by atoms with Gasteiger partial charge in [0.05, 0.1) is 5.41 Å². The molecule has 58 heavy (non-hydrogen) atoms. The van der Waals surface area contributed by atoms with E-state index in [0.717, 1.165) is 50.0 Å². The van der Waals surface area contributed by atoms with Gasteiger partial charge in [-0.3, -0.25) is 0 Å². The Morgan fingerprint density at radius 3 is 1.47 bits per heavy atom. The maximum absolute atomic E-state index is 6.46. The zero-order valence-corrected chi connectivity index (χ0v) is 31.3. The average molecular weight is 743 g/mol. The van der Waals surface area contributed by atoms with Crippen LogP contribution in [0.4, 0.5) is 0 Å². The number of rotatable bonds is 7. The van der Waals surface area contributed by atoms with Crippen LogP contribution in [0.15, 0.2) is 211 Å². The molecule has 5 nitrogen and oxygen atoms in total. The lowest BCUT2D eigenvalue weighted by Crippen LogP contribution is -2.28. The highest BCUT2D eigenvalue weighted by Gasteiger charge is 2.46. The second-order valence-electron chi connectivity index (χ2n) is 14.6. The van der Waals surface area contributed by atoms with Gasteiger partial charge >= 0.3 is 0 Å². The molecule has 272 valence electrons. The fourth-order valence-corrected chi connectivity index (χ4v) is 8.55. The van der Waals surface area contributed by atoms with Gasteiger partial charge in [-0.25, -0.2) is 19.9 Å². The summed E-state index contributed by atoms with van der Waals surface area (Å²) in [5.74, 6) is 2.54. The topological polar surface area (TPSA) is 64.7 Å². The zero-order chi connectivity index (χ0) is 38.5. The van der Waals surface area contributed by atoms with E-state index in [0.29, 0.717) is 23.4 Å². The van der Waals surface area contributed by atoms with Crippen molar-refractivity contribution in [1.29, 1.82) is 0 Å². The van der Waals surface area contributed by atoms with Crippen molar-refractivity contribution in [3.8, 4) is 67.9 Å². The lowest BCUT2D eigenvalue weighted by atomic mass is 9.67. The maximum Gasteiger partial charge on any atom is 0.227 e. The minimum absolute atomic E-state index is 0.574. The van der Waals surface area contributed by atoms with Crippen LogP contribution >= 0.6 is 0 Å². The van der Waals surface area contributed by atoms with Gasteiger partial charge in [-0.2, -0.15) is 0 Å². The number of aromatic nitrogens is 4. The summed E-state index contributed by atoms with van der Waals surface area (Å²) in [6.07, 6.45) is 0. The Kier molecular flexibility index (Phi) is 7.97. The third kappa shape index (κ3) is 5.55. The van der Waals surface area contributed by atoms with Gasteiger partial charge in [-0.1, -0.05) is 176 Å². The molecule has 0 fully saturated rings. The Balaban J connectivity index is 1.02. The fourth-order valence-electron chi connectivity index (χ4n) is 8.55. The van der Waals surface area contributed by atoms with Crippen molar-refractivity contribution >= 4 is 11.1 Å². The van der Waals surface area contributed by atoms with Crippen molar-refractivity contribution in [1.82, 2.24) is 19.9 Å². The first-order chi connectivity index (χ1) is 28.7. The molecule has 2 heterocycles. The van der Waals surface area contributed by atoms with Crippen LogP contribution in [0, 0.1) is 0 Å². The molecule has 0 N–H and O–H groups in total. The normalized spacial score (nSPS) is 14.3. The molecule has 1 aliphatic rings. The highest BCUT2D eigenvalue weighted by atomic mass is 16.3. The Bertz CT molecular complexity index is 3030. The third-order valence-electron chi connectivity index (χ3n) is 11.3. The Labute approximate surface area is 336 Å². The van der Waals surface area contributed by atoms with Gasteiger partial charge in [-0.15, -0.1) is 0 Å². The SMILES string of the molecule is c1ccc(-c2nc(-c3ccccc3)nc(-c3ccc(-c4ccc5c(c4)-c4ccccc4C5(c4ccccc4)c4ccc5nc(-c6ccccc6)oc5c4)cc3)n2)cc1. The van der Waals surface area contributed by atoms with Gasteiger partial charge in [0.25, 0.3) is 0 Å². The summed E-state index contributed by atoms with van der Waals surface area (Å²) in [5, 5.41) is 0. The smallest absolute Gasteiger partial charge is 0.227 e. The molecule has 8 aromatic carbocycles. The number of oxazole rings is 1. The molecule has 0 spiro atoms. The third-order valence-corrected chi connectivity index (χ3v) is 11.3. The van der Waals surface area contributed by atoms with E-state index in [1.54, 1.807) is 0 Å². The van der Waals surface area contributed by atoms with Crippen LogP contribution in [-0.2, 0) is 5.41 Å². The van der Waals surface area contributed by atoms with Gasteiger partial charge in [0, 0.05) is 22.3 Å². The van der Waals surface area contributed by atoms with Gasteiger partial charge < -0.3 is 4.42 Å². The number of fused-ring (bicyclic) bond motifs is 4. The van der Waals surface area contributed by atoms with Gasteiger partial charge in [0.1, 0.15) is 5.52 Å². The predicted molar refractivity (Wildman–Crippen MR) is 232 cm³/mol. The first-order valence-corrected chi connectivity index (χ1v) is 19.5. The molecule has 0 saturated carbocycles. The minimum atomic E-state index is -0.574. The molecule has 0 amide bonds. The first-order valence-electron chi connectivity index (χ1n) is 19.5. The van der Waals surface area contributed by atoms with E-state index in [4.69, 9.17) is 24.4 Å². The zero-order valence-electron chi connectivity index (χ0n) is 31.3. The molecule has 1 unspecified atom stereocenters. The molecule has 1 atom stereocenters. The van der Waals surface area contributed by atoms with Crippen molar-refractivity contribution in [3.63, 3.8) is 0 Å². The van der Waals surface area contributed by atoms with E-state index in [2.05, 4.69) is 115 Å². The van der Waals surface area contributed by atoms with Crippen molar-refractivity contribution in [2.45, 2.75) is 5.41 Å². The lowest BCUT2D eigenvalue weighted by Gasteiger charge is -2.33. The van der Waals surface area contributed by atoms with E-state index < -0.39 is 5.41 Å². The summed E-state index contributed by atoms with van der Waals surface area (Å²) < 4.78 is 6.46. The number of benzene rings is 8. The molecule has 1 aliphatic carbocycles. The summed E-state index contributed by atoms with van der Waals surface area (Å²) in [4.78, 5) is 19.6. The van der Waals surface area contributed by atoms with E-state index in [1.165, 1.54) is 27.8 Å². The van der Waals surface area contributed by atoms with Crippen LogP contribution in [-0.4, -0.2) is 19.9 Å². The highest BCUT2D eigenvalue weighted by Crippen LogP contribution is 2.57. The van der Waals surface area contributed by atoms with Crippen molar-refractivity contribution in [2.75, 3.05) is 0 Å². The molecule has 0 radical (unpaired) electrons. The summed E-state index contributed by atoms with van der Waals surface area (Å²) in [6, 6.07) is 71.8. The van der Waals surface area contributed by atoms with E-state index in [1.807, 2.05) is 91.0 Å². The molecule has 5 heteroatoms. The number of hydrogen-bond acceptors (Lipinski definition) is 5. The van der Waals surface area contributed by atoms with Crippen molar-refractivity contribution < 1.29 is 4.42 Å². The van der Waals surface area contributed by atoms with Gasteiger partial charge in [-0.05, 0) is 74.8 Å². The highest BCUT2D eigenvalue weighted by molar-refractivity contribution is 5.90. The molecule has 0 bridgehead atoms. The monoisotopic (exact) mass is 742 g/mol. The van der Waals surface area contributed by atoms with E-state index in [-0.39, 0.29) is 0 Å². The summed E-state index contributed by atoms with van der Waals surface area (Å²) in [5.41, 5.74) is 14.3. The molecule has 0 saturated heterocycles. The number of hydrogen-bond donors (Lipinski definition) is 0. The van der Waals surface area contributed by atoms with Crippen LogP contribution < -0.4 is 0 Å². The van der Waals surface area contributed by atoms with E-state index >= 15 is 0 Å². The van der Waals surface area contributed by atoms with Crippen LogP contribution in [0.2, 0.25) is 0 Å². The van der Waals surface area contributed by atoms with Gasteiger partial charge in [0.15, 0.2) is 23.1 Å². The molecular weight excluding hydrogens is 709 g/mol. The second kappa shape index (κ2) is 13.8. The molecule has 0 aliphatic heterocycles. The second-order valence-corrected chi connectivity index (χ2v) is 14.6. The average Bonchev–Trinajstić information content (AvgIpc) is 3.87. The Morgan fingerprint density at radius 2 is 0.828 bits per heavy atom. The summed E-state index contributed by atoms with van der Waals surface area (Å²) >= 11 is 0. The molecule has 2 aromatic heterocycles. The van der Waals surface area contributed by atoms with Crippen molar-refractivity contribution in [2.24, 2.45) is 0 Å². The predicted octanol–water partition coefficient (Wildman–Crippen LogP) is 12.7. The first kappa shape index (κ1) is 33.6. The summed E-state index contributed by atoms with van der Waals surface area (Å²) in [6.45, 7) is 0. The van der Waals surface area contributed by atoms with Crippen molar-refractivity contribution in [3.05, 3.63) is 229 Å². The van der Waals surface area contributed by atoms with E-state index in [9.17, 15) is 0 Å². The minimum Gasteiger partial charge on any atom is -0.436 e. The fraction of sp³-hybridized carbons (Fsp3) is 0.0189. The quantitative estimate of drug-likeness (QED) is 0.163. The van der Waals surface area contributed by atoms with Gasteiger partial charge in [0.2, 0.25) is 5.89 Å². The molecular formula is C53H34N4O.